The van der Waals surface area contributed by atoms with Gasteiger partial charge in [0.1, 0.15) is 0 Å². The summed E-state index contributed by atoms with van der Waals surface area (Å²) in [6.45, 7) is 0.340. The number of nitrogens with zero attached hydrogens (tertiary/aromatic N) is 3. The smallest absolute Gasteiger partial charge is 0.234 e. The van der Waals surface area contributed by atoms with Gasteiger partial charge in [0.2, 0.25) is 29.5 Å². The van der Waals surface area contributed by atoms with Gasteiger partial charge < -0.3 is 26.6 Å². The van der Waals surface area contributed by atoms with Crippen LogP contribution < -0.4 is 26.6 Å². The van der Waals surface area contributed by atoms with Gasteiger partial charge in [-0.05, 0) is 0 Å². The van der Waals surface area contributed by atoms with E-state index in [1.54, 1.807) is 14.7 Å². The zero-order valence-electron chi connectivity index (χ0n) is 23.7. The van der Waals surface area contributed by atoms with Crippen molar-refractivity contribution in [2.24, 2.45) is 0 Å². The molecule has 5 amide bonds. The summed E-state index contributed by atoms with van der Waals surface area (Å²) in [7, 11) is 0. The molecule has 0 aromatic carbocycles. The second-order valence-electron chi connectivity index (χ2n) is 8.60. The second-order valence-corrected chi connectivity index (χ2v) is 8.60. The summed E-state index contributed by atoms with van der Waals surface area (Å²) in [6.07, 6.45) is 26.0. The highest BCUT2D eigenvalue weighted by molar-refractivity contribution is 5.82. The molecule has 0 saturated heterocycles. The fraction of sp³-hybridized carbons (Fsp3) is 0.483. The predicted molar refractivity (Wildman–Crippen MR) is 159 cm³/mol. The minimum atomic E-state index is -0.391. The van der Waals surface area contributed by atoms with E-state index in [0.29, 0.717) is 0 Å². The van der Waals surface area contributed by atoms with Crippen LogP contribution in [0.25, 0.3) is 0 Å². The van der Waals surface area contributed by atoms with Crippen molar-refractivity contribution in [3.63, 3.8) is 0 Å². The lowest BCUT2D eigenvalue weighted by Gasteiger charge is -2.29. The number of terminal acetylenes is 5. The Balaban J connectivity index is 5.66. The van der Waals surface area contributed by atoms with E-state index in [-0.39, 0.29) is 97.5 Å². The van der Waals surface area contributed by atoms with E-state index in [9.17, 15) is 24.0 Å². The highest BCUT2D eigenvalue weighted by atomic mass is 16.2. The molecule has 13 heteroatoms. The van der Waals surface area contributed by atoms with E-state index in [1.807, 2.05) is 0 Å². The van der Waals surface area contributed by atoms with E-state index < -0.39 is 23.6 Å². The van der Waals surface area contributed by atoms with E-state index in [1.165, 1.54) is 0 Å². The topological polar surface area (TPSA) is 155 Å². The van der Waals surface area contributed by atoms with E-state index >= 15 is 0 Å². The highest BCUT2D eigenvalue weighted by Crippen LogP contribution is 1.98. The first-order valence-electron chi connectivity index (χ1n) is 12.9. The van der Waals surface area contributed by atoms with Gasteiger partial charge in [0.25, 0.3) is 0 Å². The van der Waals surface area contributed by atoms with Crippen LogP contribution in [0.1, 0.15) is 0 Å². The fourth-order valence-electron chi connectivity index (χ4n) is 3.31. The molecule has 0 aromatic heterocycles. The summed E-state index contributed by atoms with van der Waals surface area (Å²) >= 11 is 0. The van der Waals surface area contributed by atoms with Crippen LogP contribution in [0.15, 0.2) is 0 Å². The molecule has 0 radical (unpaired) electrons. The molecule has 0 aliphatic carbocycles. The van der Waals surface area contributed by atoms with Gasteiger partial charge in [-0.25, -0.2) is 0 Å². The largest absolute Gasteiger partial charge is 0.344 e. The van der Waals surface area contributed by atoms with Gasteiger partial charge in [0.15, 0.2) is 0 Å². The SMILES string of the molecule is C#CCNC(=O)CN(CCN(CC(=O)NCC#C)CC(=O)NCC#C)CCN(CC(=O)NCC#C)CC(=O)NCC#C. The molecule has 0 spiro atoms. The van der Waals surface area contributed by atoms with Crippen molar-refractivity contribution in [1.29, 1.82) is 0 Å². The van der Waals surface area contributed by atoms with Crippen LogP contribution in [0.2, 0.25) is 0 Å². The molecule has 0 rings (SSSR count). The monoisotopic (exact) mass is 578 g/mol. The molecule has 0 aromatic rings. The first kappa shape index (κ1) is 37.0. The highest BCUT2D eigenvalue weighted by Gasteiger charge is 2.20. The van der Waals surface area contributed by atoms with Gasteiger partial charge in [-0.15, -0.1) is 32.1 Å². The van der Waals surface area contributed by atoms with Crippen LogP contribution >= 0.6 is 0 Å². The molecule has 42 heavy (non-hydrogen) atoms. The first-order chi connectivity index (χ1) is 20.2. The number of hydrogen-bond donors (Lipinski definition) is 5. The third kappa shape index (κ3) is 20.0. The molecular formula is C29H38N8O5. The van der Waals surface area contributed by atoms with Gasteiger partial charge in [0.05, 0.1) is 65.4 Å². The van der Waals surface area contributed by atoms with E-state index in [0.717, 1.165) is 0 Å². The average Bonchev–Trinajstić information content (AvgIpc) is 2.96. The van der Waals surface area contributed by atoms with Crippen molar-refractivity contribution < 1.29 is 24.0 Å². The molecular weight excluding hydrogens is 540 g/mol. The summed E-state index contributed by atoms with van der Waals surface area (Å²) in [5.74, 6) is 9.63. The minimum Gasteiger partial charge on any atom is -0.344 e. The van der Waals surface area contributed by atoms with Crippen LogP contribution in [-0.4, -0.2) is 136 Å². The van der Waals surface area contributed by atoms with Crippen LogP contribution in [-0.2, 0) is 24.0 Å². The Hall–Kier alpha value is -4.97. The quantitative estimate of drug-likeness (QED) is 0.0857. The number of rotatable bonds is 21. The second kappa shape index (κ2) is 23.9. The van der Waals surface area contributed by atoms with Gasteiger partial charge in [-0.2, -0.15) is 0 Å². The number of amides is 5. The van der Waals surface area contributed by atoms with Crippen LogP contribution in [0.3, 0.4) is 0 Å². The minimum absolute atomic E-state index is 0.0249. The first-order valence-corrected chi connectivity index (χ1v) is 12.9. The molecule has 0 aliphatic rings. The molecule has 5 N–H and O–H groups in total. The third-order valence-corrected chi connectivity index (χ3v) is 5.24. The zero-order chi connectivity index (χ0) is 31.6. The fourth-order valence-corrected chi connectivity index (χ4v) is 3.31. The lowest BCUT2D eigenvalue weighted by atomic mass is 10.3. The molecule has 0 saturated carbocycles. The van der Waals surface area contributed by atoms with Crippen molar-refractivity contribution in [3.05, 3.63) is 0 Å². The molecule has 0 bridgehead atoms. The number of nitrogens with one attached hydrogen (secondary N) is 5. The molecule has 0 fully saturated rings. The number of carbonyl (C=O) groups is 5. The Bertz CT molecular complexity index is 983. The number of hydrogen-bond acceptors (Lipinski definition) is 8. The Morgan fingerprint density at radius 3 is 0.786 bits per heavy atom. The van der Waals surface area contributed by atoms with Crippen molar-refractivity contribution in [1.82, 2.24) is 41.3 Å². The number of carbonyl (C=O) groups excluding carboxylic acids is 5. The van der Waals surface area contributed by atoms with Crippen molar-refractivity contribution in [3.8, 4) is 61.7 Å². The van der Waals surface area contributed by atoms with Crippen molar-refractivity contribution >= 4 is 29.5 Å². The molecule has 0 atom stereocenters. The Labute approximate surface area is 248 Å². The Morgan fingerprint density at radius 1 is 0.381 bits per heavy atom. The molecule has 224 valence electrons. The normalized spacial score (nSPS) is 9.86. The van der Waals surface area contributed by atoms with Crippen molar-refractivity contribution in [2.75, 3.05) is 91.6 Å². The van der Waals surface area contributed by atoms with E-state index in [2.05, 4.69) is 56.2 Å². The van der Waals surface area contributed by atoms with Gasteiger partial charge in [-0.3, -0.25) is 38.7 Å². The van der Waals surface area contributed by atoms with Crippen molar-refractivity contribution in [2.45, 2.75) is 0 Å². The summed E-state index contributed by atoms with van der Waals surface area (Å²) in [5, 5.41) is 12.8. The Morgan fingerprint density at radius 2 is 0.571 bits per heavy atom. The molecule has 0 heterocycles. The maximum Gasteiger partial charge on any atom is 0.234 e. The molecule has 0 unspecified atom stereocenters. The van der Waals surface area contributed by atoms with Crippen LogP contribution in [0.4, 0.5) is 0 Å². The third-order valence-electron chi connectivity index (χ3n) is 5.24. The summed E-state index contributed by atoms with van der Waals surface area (Å²) in [6, 6.07) is 0. The van der Waals surface area contributed by atoms with E-state index in [4.69, 9.17) is 32.1 Å². The summed E-state index contributed by atoms with van der Waals surface area (Å²) < 4.78 is 0. The van der Waals surface area contributed by atoms with Gasteiger partial charge in [-0.1, -0.05) is 29.6 Å². The van der Waals surface area contributed by atoms with Gasteiger partial charge in [0, 0.05) is 26.2 Å². The van der Waals surface area contributed by atoms with Gasteiger partial charge >= 0.3 is 0 Å². The Kier molecular flexibility index (Phi) is 21.1. The molecule has 13 nitrogen and oxygen atoms in total. The lowest BCUT2D eigenvalue weighted by Crippen LogP contribution is -2.49. The molecule has 0 aliphatic heterocycles. The average molecular weight is 579 g/mol. The lowest BCUT2D eigenvalue weighted by molar-refractivity contribution is -0.126. The van der Waals surface area contributed by atoms with Crippen LogP contribution in [0.5, 0.6) is 0 Å². The van der Waals surface area contributed by atoms with Crippen LogP contribution in [0, 0.1) is 61.7 Å². The predicted octanol–water partition coefficient (Wildman–Crippen LogP) is -4.36. The maximum atomic E-state index is 12.5. The summed E-state index contributed by atoms with van der Waals surface area (Å²) in [4.78, 5) is 66.6. The maximum absolute atomic E-state index is 12.5. The zero-order valence-corrected chi connectivity index (χ0v) is 23.7. The standard InChI is InChI=1S/C29H38N8O5/c1-6-11-30-25(38)20-35(16-18-36(21-26(39)31-12-7-2)22-27(40)32-13-8-3)17-19-37(23-28(41)33-14-9-4)24-29(42)34-15-10-5/h1-5H,11-24H2,(H,30,38)(H,31,39)(H,32,40)(H,33,41)(H,34,42). The summed E-state index contributed by atoms with van der Waals surface area (Å²) in [5.41, 5.74) is 0.